The van der Waals surface area contributed by atoms with E-state index in [-0.39, 0.29) is 11.2 Å². The number of carbonyl (C=O) groups excluding carboxylic acids is 1. The van der Waals surface area contributed by atoms with E-state index in [2.05, 4.69) is 17.4 Å². The third-order valence-electron chi connectivity index (χ3n) is 3.66. The van der Waals surface area contributed by atoms with Gasteiger partial charge >= 0.3 is 0 Å². The maximum atomic E-state index is 12.3. The number of benzene rings is 2. The molecule has 0 saturated carbocycles. The number of carbonyl (C=O) groups is 1. The summed E-state index contributed by atoms with van der Waals surface area (Å²) in [4.78, 5) is 13.5. The number of amides is 1. The highest BCUT2D eigenvalue weighted by molar-refractivity contribution is 8.01. The maximum absolute atomic E-state index is 12.3. The molecule has 0 fully saturated rings. The number of fused-ring (bicyclic) bond motifs is 1. The van der Waals surface area contributed by atoms with Crippen molar-refractivity contribution in [2.45, 2.75) is 29.7 Å². The standard InChI is InChI=1S/C17H18N2OS/c18-10-12-5-7-13(8-6-12)11-19-17(20)16-9-14-3-1-2-4-15(14)21-16/h1-8,16H,9-11,18H2,(H,19,20). The van der Waals surface area contributed by atoms with E-state index in [9.17, 15) is 4.79 Å². The lowest BCUT2D eigenvalue weighted by Gasteiger charge is -2.10. The van der Waals surface area contributed by atoms with Crippen LogP contribution in [0.1, 0.15) is 16.7 Å². The van der Waals surface area contributed by atoms with Gasteiger partial charge in [-0.25, -0.2) is 0 Å². The van der Waals surface area contributed by atoms with Gasteiger partial charge in [0.1, 0.15) is 0 Å². The van der Waals surface area contributed by atoms with Gasteiger partial charge in [0.15, 0.2) is 0 Å². The van der Waals surface area contributed by atoms with E-state index in [1.807, 2.05) is 36.4 Å². The molecule has 3 rings (SSSR count). The minimum atomic E-state index is -0.00860. The van der Waals surface area contributed by atoms with Crippen molar-refractivity contribution in [3.8, 4) is 0 Å². The lowest BCUT2D eigenvalue weighted by Crippen LogP contribution is -2.31. The van der Waals surface area contributed by atoms with Gasteiger partial charge in [-0.15, -0.1) is 11.8 Å². The largest absolute Gasteiger partial charge is 0.351 e. The third-order valence-corrected chi connectivity index (χ3v) is 4.98. The molecule has 3 nitrogen and oxygen atoms in total. The lowest BCUT2D eigenvalue weighted by molar-refractivity contribution is -0.120. The smallest absolute Gasteiger partial charge is 0.234 e. The molecule has 1 amide bonds. The van der Waals surface area contributed by atoms with Crippen LogP contribution < -0.4 is 11.1 Å². The maximum Gasteiger partial charge on any atom is 0.234 e. The van der Waals surface area contributed by atoms with Crippen molar-refractivity contribution in [2.75, 3.05) is 0 Å². The Balaban J connectivity index is 1.55. The topological polar surface area (TPSA) is 55.1 Å². The van der Waals surface area contributed by atoms with Crippen molar-refractivity contribution < 1.29 is 4.79 Å². The summed E-state index contributed by atoms with van der Waals surface area (Å²) in [5.74, 6) is 0.110. The fraction of sp³-hybridized carbons (Fsp3) is 0.235. The van der Waals surface area contributed by atoms with Crippen LogP contribution in [0.2, 0.25) is 0 Å². The monoisotopic (exact) mass is 298 g/mol. The first kappa shape index (κ1) is 14.2. The second kappa shape index (κ2) is 6.33. The fourth-order valence-electron chi connectivity index (χ4n) is 2.42. The summed E-state index contributed by atoms with van der Waals surface area (Å²) in [6.07, 6.45) is 0.818. The molecule has 2 aromatic rings. The summed E-state index contributed by atoms with van der Waals surface area (Å²) in [5.41, 5.74) is 9.05. The highest BCUT2D eigenvalue weighted by atomic mass is 32.2. The van der Waals surface area contributed by atoms with Gasteiger partial charge < -0.3 is 11.1 Å². The number of nitrogens with two attached hydrogens (primary N) is 1. The molecule has 4 heteroatoms. The van der Waals surface area contributed by atoms with Crippen molar-refractivity contribution in [3.05, 3.63) is 65.2 Å². The van der Waals surface area contributed by atoms with Crippen LogP contribution in [-0.2, 0) is 24.3 Å². The van der Waals surface area contributed by atoms with Crippen molar-refractivity contribution in [1.82, 2.24) is 5.32 Å². The molecule has 1 heterocycles. The van der Waals surface area contributed by atoms with Gasteiger partial charge in [-0.2, -0.15) is 0 Å². The Hall–Kier alpha value is -1.78. The molecular formula is C17H18N2OS. The Labute approximate surface area is 128 Å². The summed E-state index contributed by atoms with van der Waals surface area (Å²) in [7, 11) is 0. The molecule has 0 aromatic heterocycles. The predicted molar refractivity (Wildman–Crippen MR) is 86.0 cm³/mol. The molecule has 2 aromatic carbocycles. The van der Waals surface area contributed by atoms with Gasteiger partial charge in [0, 0.05) is 18.0 Å². The summed E-state index contributed by atoms with van der Waals surface area (Å²) in [5, 5.41) is 3.01. The van der Waals surface area contributed by atoms with Crippen LogP contribution in [0.5, 0.6) is 0 Å². The summed E-state index contributed by atoms with van der Waals surface area (Å²) >= 11 is 1.66. The highest BCUT2D eigenvalue weighted by Gasteiger charge is 2.27. The van der Waals surface area contributed by atoms with Crippen molar-refractivity contribution in [3.63, 3.8) is 0 Å². The summed E-state index contributed by atoms with van der Waals surface area (Å²) in [6, 6.07) is 16.3. The first-order valence-corrected chi connectivity index (χ1v) is 7.94. The van der Waals surface area contributed by atoms with Gasteiger partial charge in [0.05, 0.1) is 5.25 Å². The molecule has 1 aliphatic rings. The Morgan fingerprint density at radius 1 is 1.14 bits per heavy atom. The highest BCUT2D eigenvalue weighted by Crippen LogP contribution is 2.36. The van der Waals surface area contributed by atoms with Crippen LogP contribution in [0.3, 0.4) is 0 Å². The lowest BCUT2D eigenvalue weighted by atomic mass is 10.1. The van der Waals surface area contributed by atoms with E-state index in [1.54, 1.807) is 11.8 Å². The van der Waals surface area contributed by atoms with Crippen LogP contribution in [0, 0.1) is 0 Å². The third kappa shape index (κ3) is 3.28. The molecule has 1 aliphatic heterocycles. The minimum Gasteiger partial charge on any atom is -0.351 e. The van der Waals surface area contributed by atoms with Gasteiger partial charge in [-0.1, -0.05) is 42.5 Å². The zero-order valence-electron chi connectivity index (χ0n) is 11.7. The fourth-order valence-corrected chi connectivity index (χ4v) is 3.64. The normalized spacial score (nSPS) is 16.5. The van der Waals surface area contributed by atoms with Crippen LogP contribution >= 0.6 is 11.8 Å². The summed E-state index contributed by atoms with van der Waals surface area (Å²) < 4.78 is 0. The zero-order valence-corrected chi connectivity index (χ0v) is 12.5. The van der Waals surface area contributed by atoms with E-state index >= 15 is 0 Å². The average Bonchev–Trinajstić information content (AvgIpc) is 2.97. The van der Waals surface area contributed by atoms with E-state index in [1.165, 1.54) is 10.5 Å². The Bertz CT molecular complexity index is 614. The van der Waals surface area contributed by atoms with E-state index in [0.29, 0.717) is 13.1 Å². The first-order valence-electron chi connectivity index (χ1n) is 7.06. The van der Waals surface area contributed by atoms with E-state index in [4.69, 9.17) is 5.73 Å². The number of thioether (sulfide) groups is 1. The minimum absolute atomic E-state index is 0.00860. The molecule has 1 unspecified atom stereocenters. The Kier molecular flexibility index (Phi) is 4.27. The second-order valence-corrected chi connectivity index (χ2v) is 6.40. The molecule has 3 N–H and O–H groups in total. The van der Waals surface area contributed by atoms with Gasteiger partial charge in [-0.05, 0) is 29.2 Å². The van der Waals surface area contributed by atoms with Crippen LogP contribution in [0.15, 0.2) is 53.4 Å². The van der Waals surface area contributed by atoms with Crippen molar-refractivity contribution >= 4 is 17.7 Å². The molecule has 108 valence electrons. The molecule has 21 heavy (non-hydrogen) atoms. The molecule has 1 atom stereocenters. The first-order chi connectivity index (χ1) is 10.3. The Morgan fingerprint density at radius 2 is 1.86 bits per heavy atom. The van der Waals surface area contributed by atoms with Gasteiger partial charge in [0.2, 0.25) is 5.91 Å². The number of nitrogens with one attached hydrogen (secondary N) is 1. The van der Waals surface area contributed by atoms with Crippen LogP contribution in [-0.4, -0.2) is 11.2 Å². The van der Waals surface area contributed by atoms with Crippen molar-refractivity contribution in [1.29, 1.82) is 0 Å². The average molecular weight is 298 g/mol. The molecule has 0 aliphatic carbocycles. The quantitative estimate of drug-likeness (QED) is 0.912. The Morgan fingerprint density at radius 3 is 2.57 bits per heavy atom. The van der Waals surface area contributed by atoms with Gasteiger partial charge in [0.25, 0.3) is 0 Å². The second-order valence-electron chi connectivity index (χ2n) is 5.16. The number of hydrogen-bond donors (Lipinski definition) is 2. The predicted octanol–water partition coefficient (Wildman–Crippen LogP) is 2.48. The molecule has 0 radical (unpaired) electrons. The van der Waals surface area contributed by atoms with Crippen molar-refractivity contribution in [2.24, 2.45) is 5.73 Å². The number of rotatable bonds is 4. The molecule has 0 spiro atoms. The number of hydrogen-bond acceptors (Lipinski definition) is 3. The molecule has 0 saturated heterocycles. The summed E-state index contributed by atoms with van der Waals surface area (Å²) in [6.45, 7) is 1.11. The van der Waals surface area contributed by atoms with Gasteiger partial charge in [-0.3, -0.25) is 4.79 Å². The van der Waals surface area contributed by atoms with Crippen LogP contribution in [0.4, 0.5) is 0 Å². The van der Waals surface area contributed by atoms with E-state index < -0.39 is 0 Å². The van der Waals surface area contributed by atoms with Crippen LogP contribution in [0.25, 0.3) is 0 Å². The van der Waals surface area contributed by atoms with E-state index in [0.717, 1.165) is 17.5 Å². The zero-order chi connectivity index (χ0) is 14.7. The SMILES string of the molecule is NCc1ccc(CNC(=O)C2Cc3ccccc3S2)cc1. The molecule has 0 bridgehead atoms. The molecular weight excluding hydrogens is 280 g/mol.